The van der Waals surface area contributed by atoms with Gasteiger partial charge >= 0.3 is 6.18 Å². The third-order valence-corrected chi connectivity index (χ3v) is 4.03. The highest BCUT2D eigenvalue weighted by Gasteiger charge is 2.30. The van der Waals surface area contributed by atoms with Crippen LogP contribution in [0.15, 0.2) is 6.07 Å². The molecular weight excluding hydrogens is 311 g/mol. The maximum atomic E-state index is 12.4. The molecule has 0 saturated heterocycles. The number of anilines is 1. The Kier molecular flexibility index (Phi) is 4.39. The van der Waals surface area contributed by atoms with Crippen LogP contribution in [0.3, 0.4) is 0 Å². The van der Waals surface area contributed by atoms with Crippen molar-refractivity contribution in [2.45, 2.75) is 38.9 Å². The molecular formula is C12H13ClF3N3S. The summed E-state index contributed by atoms with van der Waals surface area (Å²) in [6.45, 7) is 3.46. The summed E-state index contributed by atoms with van der Waals surface area (Å²) >= 11 is 7.28. The minimum atomic E-state index is -4.22. The van der Waals surface area contributed by atoms with Gasteiger partial charge in [0.15, 0.2) is 0 Å². The van der Waals surface area contributed by atoms with Crippen molar-refractivity contribution < 1.29 is 13.2 Å². The summed E-state index contributed by atoms with van der Waals surface area (Å²) in [5, 5.41) is 3.52. The van der Waals surface area contributed by atoms with Crippen molar-refractivity contribution in [2.75, 3.05) is 5.32 Å². The highest BCUT2D eigenvalue weighted by Crippen LogP contribution is 2.31. The van der Waals surface area contributed by atoms with E-state index in [4.69, 9.17) is 11.6 Å². The van der Waals surface area contributed by atoms with Crippen LogP contribution >= 0.6 is 22.9 Å². The molecule has 0 aromatic carbocycles. The third kappa shape index (κ3) is 3.73. The maximum Gasteiger partial charge on any atom is 0.391 e. The largest absolute Gasteiger partial charge is 0.391 e. The molecule has 0 bridgehead atoms. The van der Waals surface area contributed by atoms with Gasteiger partial charge in [0, 0.05) is 10.9 Å². The quantitative estimate of drug-likeness (QED) is 0.832. The molecule has 2 heterocycles. The second-order valence-electron chi connectivity index (χ2n) is 4.49. The maximum absolute atomic E-state index is 12.4. The minimum absolute atomic E-state index is 0.0312. The molecule has 0 saturated carbocycles. The first-order valence-electron chi connectivity index (χ1n) is 6.07. The highest BCUT2D eigenvalue weighted by molar-refractivity contribution is 7.18. The topological polar surface area (TPSA) is 37.8 Å². The zero-order valence-corrected chi connectivity index (χ0v) is 12.5. The lowest BCUT2D eigenvalue weighted by Crippen LogP contribution is -2.24. The van der Waals surface area contributed by atoms with Crippen LogP contribution in [0.4, 0.5) is 19.0 Å². The second-order valence-corrected chi connectivity index (χ2v) is 5.94. The summed E-state index contributed by atoms with van der Waals surface area (Å²) in [5.74, 6) is 0.354. The number of thiophene rings is 1. The Labute approximate surface area is 123 Å². The van der Waals surface area contributed by atoms with Crippen LogP contribution in [-0.2, 0) is 6.42 Å². The van der Waals surface area contributed by atoms with Crippen molar-refractivity contribution in [1.29, 1.82) is 0 Å². The van der Waals surface area contributed by atoms with E-state index in [1.54, 1.807) is 0 Å². The molecule has 1 unspecified atom stereocenters. The molecule has 0 spiro atoms. The van der Waals surface area contributed by atoms with Crippen molar-refractivity contribution >= 4 is 39.0 Å². The molecule has 1 N–H and O–H groups in total. The first-order chi connectivity index (χ1) is 9.28. The Bertz CT molecular complexity index is 612. The number of rotatable bonds is 4. The molecule has 3 nitrogen and oxygen atoms in total. The van der Waals surface area contributed by atoms with Crippen LogP contribution in [0, 0.1) is 0 Å². The molecule has 0 aliphatic rings. The number of nitrogens with one attached hydrogen (secondary N) is 1. The first kappa shape index (κ1) is 15.3. The molecule has 110 valence electrons. The number of nitrogens with zero attached hydrogens (tertiary/aromatic N) is 2. The summed E-state index contributed by atoms with van der Waals surface area (Å²) < 4.78 is 37.1. The Morgan fingerprint density at radius 2 is 2.10 bits per heavy atom. The van der Waals surface area contributed by atoms with Gasteiger partial charge in [-0.1, -0.05) is 6.92 Å². The van der Waals surface area contributed by atoms with Gasteiger partial charge in [0.1, 0.15) is 10.6 Å². The third-order valence-electron chi connectivity index (χ3n) is 2.69. The van der Waals surface area contributed by atoms with Gasteiger partial charge in [0.05, 0.1) is 11.8 Å². The smallest absolute Gasteiger partial charge is 0.367 e. The number of alkyl halides is 3. The summed E-state index contributed by atoms with van der Waals surface area (Å²) in [7, 11) is 0. The lowest BCUT2D eigenvalue weighted by atomic mass is 10.2. The fraction of sp³-hybridized carbons (Fsp3) is 0.500. The van der Waals surface area contributed by atoms with Crippen LogP contribution in [0.5, 0.6) is 0 Å². The molecule has 2 aromatic heterocycles. The zero-order valence-electron chi connectivity index (χ0n) is 10.9. The van der Waals surface area contributed by atoms with Gasteiger partial charge in [-0.3, -0.25) is 0 Å². The molecule has 8 heteroatoms. The molecule has 0 aliphatic heterocycles. The number of aryl methyl sites for hydroxylation is 1. The average Bonchev–Trinajstić information content (AvgIpc) is 2.69. The lowest BCUT2D eigenvalue weighted by molar-refractivity contribution is -0.136. The number of fused-ring (bicyclic) bond motifs is 1. The van der Waals surface area contributed by atoms with Crippen LogP contribution in [0.2, 0.25) is 5.28 Å². The second kappa shape index (κ2) is 5.73. The van der Waals surface area contributed by atoms with Gasteiger partial charge in [-0.15, -0.1) is 11.3 Å². The Morgan fingerprint density at radius 1 is 1.40 bits per heavy atom. The van der Waals surface area contributed by atoms with E-state index >= 15 is 0 Å². The summed E-state index contributed by atoms with van der Waals surface area (Å²) in [6, 6.07) is 1.10. The van der Waals surface area contributed by atoms with E-state index in [2.05, 4.69) is 15.3 Å². The van der Waals surface area contributed by atoms with Gasteiger partial charge in [0.25, 0.3) is 0 Å². The van der Waals surface area contributed by atoms with Crippen molar-refractivity contribution in [3.8, 4) is 0 Å². The normalized spacial score (nSPS) is 13.7. The van der Waals surface area contributed by atoms with E-state index in [0.29, 0.717) is 16.0 Å². The van der Waals surface area contributed by atoms with Gasteiger partial charge in [-0.2, -0.15) is 13.2 Å². The summed E-state index contributed by atoms with van der Waals surface area (Å²) in [5.41, 5.74) is 0. The Morgan fingerprint density at radius 3 is 2.70 bits per heavy atom. The number of hydrogen-bond donors (Lipinski definition) is 1. The number of halogens is 4. The number of hydrogen-bond acceptors (Lipinski definition) is 4. The predicted molar refractivity (Wildman–Crippen MR) is 75.6 cm³/mol. The van der Waals surface area contributed by atoms with E-state index in [-0.39, 0.29) is 5.28 Å². The summed E-state index contributed by atoms with van der Waals surface area (Å²) in [6.07, 6.45) is -4.32. The number of aromatic nitrogens is 2. The van der Waals surface area contributed by atoms with Crippen LogP contribution in [-0.4, -0.2) is 22.2 Å². The van der Waals surface area contributed by atoms with Gasteiger partial charge < -0.3 is 5.32 Å². The lowest BCUT2D eigenvalue weighted by Gasteiger charge is -2.16. The molecule has 2 aromatic rings. The van der Waals surface area contributed by atoms with Crippen LogP contribution < -0.4 is 5.32 Å². The summed E-state index contributed by atoms with van der Waals surface area (Å²) in [4.78, 5) is 9.87. The molecule has 0 fully saturated rings. The molecule has 1 atom stereocenters. The van der Waals surface area contributed by atoms with Gasteiger partial charge in [-0.25, -0.2) is 9.97 Å². The zero-order chi connectivity index (χ0) is 14.9. The van der Waals surface area contributed by atoms with E-state index < -0.39 is 18.6 Å². The van der Waals surface area contributed by atoms with Crippen molar-refractivity contribution in [1.82, 2.24) is 9.97 Å². The monoisotopic (exact) mass is 323 g/mol. The molecule has 0 radical (unpaired) electrons. The highest BCUT2D eigenvalue weighted by atomic mass is 35.5. The van der Waals surface area contributed by atoms with E-state index in [1.807, 2.05) is 13.0 Å². The predicted octanol–water partition coefficient (Wildman–Crippen LogP) is 4.66. The molecule has 0 aliphatic carbocycles. The van der Waals surface area contributed by atoms with Gasteiger partial charge in [0.2, 0.25) is 5.28 Å². The fourth-order valence-corrected chi connectivity index (χ4v) is 3.05. The minimum Gasteiger partial charge on any atom is -0.367 e. The Hall–Kier alpha value is -1.08. The van der Waals surface area contributed by atoms with Crippen LogP contribution in [0.1, 0.15) is 25.1 Å². The van der Waals surface area contributed by atoms with Gasteiger partial charge in [-0.05, 0) is 31.0 Å². The fourth-order valence-electron chi connectivity index (χ4n) is 1.86. The standard InChI is InChI=1S/C12H13ClF3N3S/c1-3-7-4-8-9(17-6(2)5-12(14,15)16)18-11(13)19-10(8)20-7/h4,6H,3,5H2,1-2H3,(H,17,18,19). The average molecular weight is 324 g/mol. The van der Waals surface area contributed by atoms with Crippen molar-refractivity contribution in [2.24, 2.45) is 0 Å². The Balaban J connectivity index is 2.31. The van der Waals surface area contributed by atoms with Crippen LogP contribution in [0.25, 0.3) is 10.2 Å². The molecule has 2 rings (SSSR count). The van der Waals surface area contributed by atoms with E-state index in [0.717, 1.165) is 11.3 Å². The van der Waals surface area contributed by atoms with Crippen molar-refractivity contribution in [3.63, 3.8) is 0 Å². The SMILES string of the molecule is CCc1cc2c(NC(C)CC(F)(F)F)nc(Cl)nc2s1. The van der Waals surface area contributed by atoms with E-state index in [1.165, 1.54) is 18.3 Å². The van der Waals surface area contributed by atoms with E-state index in [9.17, 15) is 13.2 Å². The molecule has 20 heavy (non-hydrogen) atoms. The molecule has 0 amide bonds. The first-order valence-corrected chi connectivity index (χ1v) is 7.27. The van der Waals surface area contributed by atoms with Crippen molar-refractivity contribution in [3.05, 3.63) is 16.2 Å².